The zero-order valence-electron chi connectivity index (χ0n) is 13.6. The summed E-state index contributed by atoms with van der Waals surface area (Å²) in [6.07, 6.45) is 3.95. The molecule has 27 heavy (non-hydrogen) atoms. The van der Waals surface area contributed by atoms with Gasteiger partial charge in [-0.25, -0.2) is 5.43 Å². The van der Waals surface area contributed by atoms with E-state index in [1.807, 2.05) is 0 Å². The predicted octanol–water partition coefficient (Wildman–Crippen LogP) is 2.41. The number of H-pyrrole nitrogens is 1. The number of carbonyl (C=O) groups is 1. The fraction of sp³-hybridized carbons (Fsp3) is 0. The molecule has 0 aliphatic carbocycles. The van der Waals surface area contributed by atoms with Gasteiger partial charge in [0, 0.05) is 18.0 Å². The molecule has 3 N–H and O–H groups in total. The smallest absolute Gasteiger partial charge is 0.271 e. The van der Waals surface area contributed by atoms with E-state index in [1.54, 1.807) is 24.3 Å². The summed E-state index contributed by atoms with van der Waals surface area (Å²) >= 11 is 11.3. The van der Waals surface area contributed by atoms with E-state index in [1.165, 1.54) is 29.1 Å². The number of hydrazone groups is 1. The second kappa shape index (κ2) is 7.94. The number of rotatable bonds is 4. The number of carbonyl (C=O) groups excluding carboxylic acids is 1. The molecule has 1 amide bonds. The Labute approximate surface area is 162 Å². The molecule has 3 aromatic rings. The van der Waals surface area contributed by atoms with Crippen LogP contribution in [0.3, 0.4) is 0 Å². The minimum Gasteiger partial charge on any atom is -0.494 e. The Hall–Kier alpha value is -3.30. The number of amides is 1. The molecular weight excluding hydrogens is 390 g/mol. The number of halogens is 1. The van der Waals surface area contributed by atoms with Crippen LogP contribution in [0.5, 0.6) is 5.88 Å². The Morgan fingerprint density at radius 3 is 2.70 bits per heavy atom. The first-order chi connectivity index (χ1) is 13.0. The number of aromatic amines is 1. The quantitative estimate of drug-likeness (QED) is 0.353. The fourth-order valence-corrected chi connectivity index (χ4v) is 2.73. The van der Waals surface area contributed by atoms with Crippen LogP contribution in [-0.2, 0) is 0 Å². The number of nitrogens with one attached hydrogen (secondary N) is 2. The Balaban J connectivity index is 1.96. The topological polar surface area (TPSA) is 112 Å². The average molecular weight is 402 g/mol. The molecule has 0 radical (unpaired) electrons. The van der Waals surface area contributed by atoms with Gasteiger partial charge in [0.05, 0.1) is 16.9 Å². The van der Waals surface area contributed by atoms with Gasteiger partial charge in [-0.1, -0.05) is 23.7 Å². The molecule has 3 rings (SSSR count). The number of hydrogen-bond acceptors (Lipinski definition) is 6. The molecule has 0 saturated carbocycles. The van der Waals surface area contributed by atoms with E-state index in [0.29, 0.717) is 16.3 Å². The van der Waals surface area contributed by atoms with Gasteiger partial charge >= 0.3 is 0 Å². The summed E-state index contributed by atoms with van der Waals surface area (Å²) in [4.78, 5) is 30.3. The number of aromatic nitrogens is 3. The molecule has 0 fully saturated rings. The van der Waals surface area contributed by atoms with Gasteiger partial charge in [0.15, 0.2) is 4.77 Å². The van der Waals surface area contributed by atoms with Gasteiger partial charge in [0.1, 0.15) is 5.56 Å². The predicted molar refractivity (Wildman–Crippen MR) is 103 cm³/mol. The van der Waals surface area contributed by atoms with Crippen LogP contribution in [0.25, 0.3) is 5.69 Å². The van der Waals surface area contributed by atoms with E-state index in [0.717, 1.165) is 6.21 Å². The van der Waals surface area contributed by atoms with E-state index in [4.69, 9.17) is 23.8 Å². The van der Waals surface area contributed by atoms with Crippen molar-refractivity contribution in [2.24, 2.45) is 5.10 Å². The maximum absolute atomic E-state index is 12.1. The van der Waals surface area contributed by atoms with E-state index < -0.39 is 17.3 Å². The third kappa shape index (κ3) is 3.94. The van der Waals surface area contributed by atoms with Gasteiger partial charge in [-0.2, -0.15) is 5.10 Å². The highest BCUT2D eigenvalue weighted by atomic mass is 35.5. The Morgan fingerprint density at radius 2 is 2.00 bits per heavy atom. The fourth-order valence-electron chi connectivity index (χ4n) is 2.23. The van der Waals surface area contributed by atoms with E-state index in [2.05, 4.69) is 20.5 Å². The molecule has 0 unspecified atom stereocenters. The van der Waals surface area contributed by atoms with Crippen LogP contribution in [-0.4, -0.2) is 31.8 Å². The number of benzene rings is 1. The van der Waals surface area contributed by atoms with Gasteiger partial charge in [0.2, 0.25) is 5.88 Å². The lowest BCUT2D eigenvalue weighted by Crippen LogP contribution is -2.21. The van der Waals surface area contributed by atoms with Crippen molar-refractivity contribution in [3.63, 3.8) is 0 Å². The Kier molecular flexibility index (Phi) is 5.43. The van der Waals surface area contributed by atoms with E-state index >= 15 is 0 Å². The van der Waals surface area contributed by atoms with Gasteiger partial charge in [-0.3, -0.25) is 24.1 Å². The zero-order chi connectivity index (χ0) is 19.4. The van der Waals surface area contributed by atoms with Crippen LogP contribution in [0.15, 0.2) is 58.7 Å². The van der Waals surface area contributed by atoms with E-state index in [9.17, 15) is 14.7 Å². The molecule has 0 aliphatic heterocycles. The summed E-state index contributed by atoms with van der Waals surface area (Å²) in [5.41, 5.74) is 2.13. The second-order valence-electron chi connectivity index (χ2n) is 5.22. The van der Waals surface area contributed by atoms with Crippen LogP contribution in [0, 0.1) is 4.77 Å². The normalized spacial score (nSPS) is 10.9. The number of nitrogens with zero attached hydrogens (tertiary/aromatic N) is 3. The summed E-state index contributed by atoms with van der Waals surface area (Å²) < 4.78 is 1.16. The van der Waals surface area contributed by atoms with Crippen LogP contribution in [0.1, 0.15) is 15.9 Å². The molecule has 0 aliphatic rings. The zero-order valence-corrected chi connectivity index (χ0v) is 15.2. The standard InChI is InChI=1S/C17H12ClN5O3S/c18-12-3-1-2-4-13(12)23-16(26)11(15(25)21-17(23)27)9-20-22-14(24)10-5-7-19-8-6-10/h1-9,26H,(H,22,24)(H,21,25,27)/b20-9-. The number of aromatic hydroxyl groups is 1. The van der Waals surface area contributed by atoms with Crippen molar-refractivity contribution in [3.8, 4) is 11.6 Å². The van der Waals surface area contributed by atoms with Crippen molar-refractivity contribution in [2.75, 3.05) is 0 Å². The van der Waals surface area contributed by atoms with Crippen molar-refractivity contribution >= 4 is 35.9 Å². The molecule has 0 spiro atoms. The van der Waals surface area contributed by atoms with Crippen molar-refractivity contribution in [2.45, 2.75) is 0 Å². The van der Waals surface area contributed by atoms with Crippen LogP contribution in [0.2, 0.25) is 5.02 Å². The van der Waals surface area contributed by atoms with Gasteiger partial charge in [-0.05, 0) is 36.5 Å². The highest BCUT2D eigenvalue weighted by Crippen LogP contribution is 2.24. The minimum absolute atomic E-state index is 0.0384. The van der Waals surface area contributed by atoms with Gasteiger partial charge < -0.3 is 5.11 Å². The third-order valence-electron chi connectivity index (χ3n) is 3.52. The van der Waals surface area contributed by atoms with E-state index in [-0.39, 0.29) is 10.3 Å². The third-order valence-corrected chi connectivity index (χ3v) is 4.12. The van der Waals surface area contributed by atoms with Crippen LogP contribution in [0.4, 0.5) is 0 Å². The summed E-state index contributed by atoms with van der Waals surface area (Å²) in [5.74, 6) is -0.956. The lowest BCUT2D eigenvalue weighted by molar-refractivity contribution is 0.0955. The minimum atomic E-state index is -0.664. The molecule has 1 aromatic carbocycles. The highest BCUT2D eigenvalue weighted by Gasteiger charge is 2.14. The summed E-state index contributed by atoms with van der Waals surface area (Å²) in [5, 5.41) is 14.6. The van der Waals surface area contributed by atoms with Crippen molar-refractivity contribution in [1.82, 2.24) is 20.0 Å². The van der Waals surface area contributed by atoms with Crippen LogP contribution >= 0.6 is 23.8 Å². The monoisotopic (exact) mass is 401 g/mol. The average Bonchev–Trinajstić information content (AvgIpc) is 2.66. The second-order valence-corrected chi connectivity index (χ2v) is 6.01. The summed E-state index contributed by atoms with van der Waals surface area (Å²) in [7, 11) is 0. The highest BCUT2D eigenvalue weighted by molar-refractivity contribution is 7.71. The molecular formula is C17H12ClN5O3S. The molecule has 0 saturated heterocycles. The Morgan fingerprint density at radius 1 is 1.30 bits per heavy atom. The van der Waals surface area contributed by atoms with Crippen LogP contribution < -0.4 is 11.0 Å². The SMILES string of the molecule is O=C(N/N=C\c1c(O)n(-c2ccccc2Cl)c(=S)[nH]c1=O)c1ccncc1. The molecule has 2 aromatic heterocycles. The molecule has 8 nitrogen and oxygen atoms in total. The Bertz CT molecular complexity index is 1140. The molecule has 10 heteroatoms. The summed E-state index contributed by atoms with van der Waals surface area (Å²) in [6.45, 7) is 0. The largest absolute Gasteiger partial charge is 0.494 e. The first-order valence-electron chi connectivity index (χ1n) is 7.55. The van der Waals surface area contributed by atoms with Gasteiger partial charge in [0.25, 0.3) is 11.5 Å². The maximum Gasteiger partial charge on any atom is 0.271 e. The lowest BCUT2D eigenvalue weighted by atomic mass is 10.2. The first kappa shape index (κ1) is 18.5. The molecule has 2 heterocycles. The maximum atomic E-state index is 12.1. The molecule has 0 bridgehead atoms. The van der Waals surface area contributed by atoms with Crippen molar-refractivity contribution < 1.29 is 9.90 Å². The van der Waals surface area contributed by atoms with Crippen molar-refractivity contribution in [1.29, 1.82) is 0 Å². The number of para-hydroxylation sites is 1. The van der Waals surface area contributed by atoms with Gasteiger partial charge in [-0.15, -0.1) is 0 Å². The lowest BCUT2D eigenvalue weighted by Gasteiger charge is -2.12. The van der Waals surface area contributed by atoms with Crippen molar-refractivity contribution in [3.05, 3.63) is 80.1 Å². The summed E-state index contributed by atoms with van der Waals surface area (Å²) in [6, 6.07) is 9.68. The molecule has 0 atom stereocenters. The molecule has 136 valence electrons. The number of hydrogen-bond donors (Lipinski definition) is 3. The first-order valence-corrected chi connectivity index (χ1v) is 8.34. The number of pyridine rings is 1.